The van der Waals surface area contributed by atoms with Crippen LogP contribution in [0.15, 0.2) is 60.7 Å². The van der Waals surface area contributed by atoms with Gasteiger partial charge in [0.05, 0.1) is 5.56 Å². The van der Waals surface area contributed by atoms with Gasteiger partial charge in [0.15, 0.2) is 6.10 Å². The number of esters is 1. The van der Waals surface area contributed by atoms with E-state index in [1.165, 1.54) is 0 Å². The number of ether oxygens (including phenoxy) is 1. The van der Waals surface area contributed by atoms with Crippen LogP contribution in [0.3, 0.4) is 0 Å². The van der Waals surface area contributed by atoms with Crippen LogP contribution in [0.5, 0.6) is 0 Å². The van der Waals surface area contributed by atoms with Gasteiger partial charge < -0.3 is 4.74 Å². The molecule has 0 aliphatic carbocycles. The summed E-state index contributed by atoms with van der Waals surface area (Å²) in [5.41, 5.74) is 2.58. The maximum absolute atomic E-state index is 12.3. The van der Waals surface area contributed by atoms with Gasteiger partial charge in [-0.25, -0.2) is 4.79 Å². The lowest BCUT2D eigenvalue weighted by molar-refractivity contribution is 0.0366. The molecule has 3 heteroatoms. The van der Waals surface area contributed by atoms with E-state index in [1.54, 1.807) is 0 Å². The van der Waals surface area contributed by atoms with Crippen molar-refractivity contribution in [1.82, 2.24) is 0 Å². The lowest BCUT2D eigenvalue weighted by Crippen LogP contribution is -2.19. The topological polar surface area (TPSA) is 26.3 Å². The van der Waals surface area contributed by atoms with E-state index in [9.17, 15) is 4.79 Å². The molecule has 0 spiro atoms. The largest absolute Gasteiger partial charge is 0.449 e. The van der Waals surface area contributed by atoms with Gasteiger partial charge in [0.25, 0.3) is 0 Å². The molecule has 1 aliphatic rings. The van der Waals surface area contributed by atoms with E-state index in [1.807, 2.05) is 60.7 Å². The Labute approximate surface area is 126 Å². The number of rotatable bonds is 1. The Morgan fingerprint density at radius 2 is 1.62 bits per heavy atom. The van der Waals surface area contributed by atoms with Crippen LogP contribution < -0.4 is 0 Å². The summed E-state index contributed by atoms with van der Waals surface area (Å²) in [6.45, 7) is 0. The van der Waals surface area contributed by atoms with Crippen molar-refractivity contribution in [3.8, 4) is 0 Å². The van der Waals surface area contributed by atoms with Gasteiger partial charge in [0, 0.05) is 16.0 Å². The van der Waals surface area contributed by atoms with E-state index >= 15 is 0 Å². The summed E-state index contributed by atoms with van der Waals surface area (Å²) in [5, 5.41) is 2.70. The average Bonchev–Trinajstić information content (AvgIpc) is 2.52. The lowest BCUT2D eigenvalue weighted by atomic mass is 9.90. The van der Waals surface area contributed by atoms with Crippen LogP contribution in [0, 0.1) is 0 Å². The van der Waals surface area contributed by atoms with Crippen LogP contribution >= 0.6 is 11.6 Å². The first-order chi connectivity index (χ1) is 10.2. The smallest absolute Gasteiger partial charge is 0.339 e. The fourth-order valence-corrected chi connectivity index (χ4v) is 3.00. The summed E-state index contributed by atoms with van der Waals surface area (Å²) in [6, 6.07) is 19.1. The molecule has 0 bridgehead atoms. The van der Waals surface area contributed by atoms with Gasteiger partial charge in [-0.15, -0.1) is 0 Å². The summed E-state index contributed by atoms with van der Waals surface area (Å²) >= 11 is 5.93. The molecule has 0 N–H and O–H groups in total. The highest BCUT2D eigenvalue weighted by molar-refractivity contribution is 6.30. The molecule has 21 heavy (non-hydrogen) atoms. The zero-order chi connectivity index (χ0) is 14.4. The van der Waals surface area contributed by atoms with Gasteiger partial charge >= 0.3 is 5.97 Å². The van der Waals surface area contributed by atoms with Crippen LogP contribution in [0.4, 0.5) is 0 Å². The van der Waals surface area contributed by atoms with Crippen LogP contribution in [0.2, 0.25) is 5.02 Å². The number of hydrogen-bond acceptors (Lipinski definition) is 2. The molecule has 0 saturated heterocycles. The predicted octanol–water partition coefficient (Wildman–Crippen LogP) is 4.75. The quantitative estimate of drug-likeness (QED) is 0.605. The summed E-state index contributed by atoms with van der Waals surface area (Å²) < 4.78 is 5.65. The molecule has 1 heterocycles. The Balaban J connectivity index is 1.98. The summed E-state index contributed by atoms with van der Waals surface area (Å²) in [6.07, 6.45) is -0.381. The molecule has 2 nitrogen and oxygen atoms in total. The monoisotopic (exact) mass is 294 g/mol. The normalized spacial score (nSPS) is 16.8. The van der Waals surface area contributed by atoms with Crippen molar-refractivity contribution in [3.05, 3.63) is 82.4 Å². The second kappa shape index (κ2) is 4.61. The van der Waals surface area contributed by atoms with E-state index < -0.39 is 0 Å². The minimum absolute atomic E-state index is 0.278. The zero-order valence-corrected chi connectivity index (χ0v) is 11.8. The first-order valence-corrected chi connectivity index (χ1v) is 7.10. The zero-order valence-electron chi connectivity index (χ0n) is 11.0. The Hall–Kier alpha value is -2.32. The van der Waals surface area contributed by atoms with Crippen molar-refractivity contribution in [3.63, 3.8) is 0 Å². The van der Waals surface area contributed by atoms with E-state index in [-0.39, 0.29) is 12.1 Å². The first kappa shape index (κ1) is 12.4. The molecule has 0 radical (unpaired) electrons. The lowest BCUT2D eigenvalue weighted by Gasteiger charge is -2.26. The molecule has 3 aromatic rings. The summed E-state index contributed by atoms with van der Waals surface area (Å²) in [7, 11) is 0. The molecule has 1 unspecified atom stereocenters. The van der Waals surface area contributed by atoms with Crippen molar-refractivity contribution in [2.45, 2.75) is 6.10 Å². The molecule has 0 fully saturated rings. The third-order valence-electron chi connectivity index (χ3n) is 3.84. The van der Waals surface area contributed by atoms with Gasteiger partial charge in [0.2, 0.25) is 0 Å². The van der Waals surface area contributed by atoms with Crippen molar-refractivity contribution < 1.29 is 9.53 Å². The van der Waals surface area contributed by atoms with Gasteiger partial charge in [0.1, 0.15) is 0 Å². The Morgan fingerprint density at radius 1 is 0.905 bits per heavy atom. The van der Waals surface area contributed by atoms with E-state index in [2.05, 4.69) is 0 Å². The van der Waals surface area contributed by atoms with E-state index in [4.69, 9.17) is 16.3 Å². The van der Waals surface area contributed by atoms with Crippen molar-refractivity contribution in [2.24, 2.45) is 0 Å². The van der Waals surface area contributed by atoms with Crippen molar-refractivity contribution in [1.29, 1.82) is 0 Å². The first-order valence-electron chi connectivity index (χ1n) is 6.72. The van der Waals surface area contributed by atoms with Gasteiger partial charge in [-0.3, -0.25) is 0 Å². The van der Waals surface area contributed by atoms with Crippen molar-refractivity contribution >= 4 is 28.3 Å². The fraction of sp³-hybridized carbons (Fsp3) is 0.0556. The minimum atomic E-state index is -0.381. The summed E-state index contributed by atoms with van der Waals surface area (Å²) in [5.74, 6) is -0.278. The molecular formula is C18H11ClO2. The van der Waals surface area contributed by atoms with Crippen LogP contribution in [0.1, 0.15) is 27.6 Å². The molecule has 0 amide bonds. The molecule has 102 valence electrons. The number of halogens is 1. The Kier molecular flexibility index (Phi) is 2.72. The van der Waals surface area contributed by atoms with Crippen LogP contribution in [-0.2, 0) is 4.74 Å². The van der Waals surface area contributed by atoms with Crippen LogP contribution in [0.25, 0.3) is 10.8 Å². The molecule has 3 aromatic carbocycles. The molecule has 0 aromatic heterocycles. The van der Waals surface area contributed by atoms with Gasteiger partial charge in [-0.05, 0) is 29.1 Å². The fourth-order valence-electron chi connectivity index (χ4n) is 2.88. The summed E-state index contributed by atoms with van der Waals surface area (Å²) in [4.78, 5) is 12.3. The SMILES string of the molecule is O=C1OC(c2ccc(Cl)cc2)c2cccc3cccc1c23. The van der Waals surface area contributed by atoms with Crippen LogP contribution in [-0.4, -0.2) is 5.97 Å². The number of benzene rings is 3. The highest BCUT2D eigenvalue weighted by Crippen LogP contribution is 2.38. The highest BCUT2D eigenvalue weighted by Gasteiger charge is 2.29. The number of cyclic esters (lactones) is 1. The Morgan fingerprint density at radius 3 is 2.38 bits per heavy atom. The van der Waals surface area contributed by atoms with Gasteiger partial charge in [-0.2, -0.15) is 0 Å². The molecular weight excluding hydrogens is 284 g/mol. The van der Waals surface area contributed by atoms with E-state index in [0.717, 1.165) is 21.9 Å². The van der Waals surface area contributed by atoms with Gasteiger partial charge in [-0.1, -0.05) is 54.1 Å². The third kappa shape index (κ3) is 1.91. The number of carbonyl (C=O) groups excluding carboxylic acids is 1. The number of hydrogen-bond donors (Lipinski definition) is 0. The second-order valence-electron chi connectivity index (χ2n) is 5.09. The minimum Gasteiger partial charge on any atom is -0.449 e. The van der Waals surface area contributed by atoms with E-state index in [0.29, 0.717) is 10.6 Å². The molecule has 1 aliphatic heterocycles. The maximum Gasteiger partial charge on any atom is 0.339 e. The Bertz CT molecular complexity index is 847. The highest BCUT2D eigenvalue weighted by atomic mass is 35.5. The standard InChI is InChI=1S/C18H11ClO2/c19-13-9-7-12(8-10-13)17-14-5-1-3-11-4-2-6-15(16(11)14)18(20)21-17/h1-10,17H. The number of carbonyl (C=O) groups is 1. The average molecular weight is 295 g/mol. The molecule has 4 rings (SSSR count). The third-order valence-corrected chi connectivity index (χ3v) is 4.09. The maximum atomic E-state index is 12.3. The predicted molar refractivity (Wildman–Crippen MR) is 82.7 cm³/mol. The van der Waals surface area contributed by atoms with Crippen molar-refractivity contribution in [2.75, 3.05) is 0 Å². The molecule has 0 saturated carbocycles. The second-order valence-corrected chi connectivity index (χ2v) is 5.52. The molecule has 1 atom stereocenters.